The second kappa shape index (κ2) is 6.08. The lowest BCUT2D eigenvalue weighted by atomic mass is 9.89. The van der Waals surface area contributed by atoms with E-state index in [2.05, 4.69) is 22.4 Å². The third-order valence-corrected chi connectivity index (χ3v) is 4.73. The van der Waals surface area contributed by atoms with E-state index in [0.717, 1.165) is 17.7 Å². The number of carbonyl (C=O) groups excluding carboxylic acids is 1. The normalized spacial score (nSPS) is 20.9. The second-order valence-corrected chi connectivity index (χ2v) is 6.79. The Bertz CT molecular complexity index is 771. The van der Waals surface area contributed by atoms with Gasteiger partial charge in [-0.25, -0.2) is 0 Å². The fraction of sp³-hybridized carbons (Fsp3) is 0.312. The molecule has 0 saturated heterocycles. The molecule has 0 radical (unpaired) electrons. The third-order valence-electron chi connectivity index (χ3n) is 3.93. The highest BCUT2D eigenvalue weighted by molar-refractivity contribution is 8.13. The maximum atomic E-state index is 12.3. The quantitative estimate of drug-likeness (QED) is 0.902. The number of aliphatic imine (C=N–C) groups is 1. The van der Waals surface area contributed by atoms with Gasteiger partial charge in [-0.3, -0.25) is 9.79 Å². The van der Waals surface area contributed by atoms with E-state index in [0.29, 0.717) is 22.1 Å². The van der Waals surface area contributed by atoms with Gasteiger partial charge >= 0.3 is 0 Å². The number of nitrogens with zero attached hydrogens (tertiary/aromatic N) is 2. The molecule has 0 bridgehead atoms. The SMILES string of the molecule is Cc1nocc1C(=O)Nc1cccc(C2(C)CCSC(N)=N2)c1. The number of rotatable bonds is 3. The highest BCUT2D eigenvalue weighted by Crippen LogP contribution is 2.35. The average Bonchev–Trinajstić information content (AvgIpc) is 2.93. The first-order valence-corrected chi connectivity index (χ1v) is 8.27. The van der Waals surface area contributed by atoms with Crippen molar-refractivity contribution in [3.8, 4) is 0 Å². The third kappa shape index (κ3) is 3.24. The van der Waals surface area contributed by atoms with Crippen molar-refractivity contribution in [3.05, 3.63) is 47.3 Å². The number of aromatic nitrogens is 1. The van der Waals surface area contributed by atoms with E-state index in [9.17, 15) is 4.79 Å². The molecule has 0 fully saturated rings. The van der Waals surface area contributed by atoms with Gasteiger partial charge < -0.3 is 15.6 Å². The molecule has 1 amide bonds. The predicted molar refractivity (Wildman–Crippen MR) is 91.7 cm³/mol. The summed E-state index contributed by atoms with van der Waals surface area (Å²) in [6, 6.07) is 7.70. The number of amides is 1. The number of amidine groups is 1. The summed E-state index contributed by atoms with van der Waals surface area (Å²) < 4.78 is 4.81. The van der Waals surface area contributed by atoms with Crippen molar-refractivity contribution in [2.75, 3.05) is 11.1 Å². The Kier molecular flexibility index (Phi) is 4.12. The van der Waals surface area contributed by atoms with Crippen molar-refractivity contribution < 1.29 is 9.32 Å². The van der Waals surface area contributed by atoms with Gasteiger partial charge in [-0.2, -0.15) is 0 Å². The summed E-state index contributed by atoms with van der Waals surface area (Å²) in [6.07, 6.45) is 2.25. The zero-order valence-electron chi connectivity index (χ0n) is 13.0. The van der Waals surface area contributed by atoms with Gasteiger partial charge in [0.05, 0.1) is 11.2 Å². The van der Waals surface area contributed by atoms with Gasteiger partial charge in [-0.05, 0) is 38.0 Å². The molecule has 7 heteroatoms. The van der Waals surface area contributed by atoms with Crippen LogP contribution in [0.15, 0.2) is 40.0 Å². The van der Waals surface area contributed by atoms with Crippen LogP contribution in [0, 0.1) is 6.92 Å². The summed E-state index contributed by atoms with van der Waals surface area (Å²) in [7, 11) is 0. The first-order chi connectivity index (χ1) is 11.0. The molecule has 1 unspecified atom stereocenters. The number of hydrogen-bond acceptors (Lipinski definition) is 6. The van der Waals surface area contributed by atoms with Crippen LogP contribution >= 0.6 is 11.8 Å². The zero-order chi connectivity index (χ0) is 16.4. The van der Waals surface area contributed by atoms with Gasteiger partial charge in [0.2, 0.25) is 0 Å². The Labute approximate surface area is 138 Å². The molecule has 1 aromatic carbocycles. The first-order valence-electron chi connectivity index (χ1n) is 7.29. The van der Waals surface area contributed by atoms with Gasteiger partial charge in [0.15, 0.2) is 5.17 Å². The molecule has 23 heavy (non-hydrogen) atoms. The molecule has 120 valence electrons. The van der Waals surface area contributed by atoms with Crippen molar-refractivity contribution in [1.29, 1.82) is 0 Å². The zero-order valence-corrected chi connectivity index (χ0v) is 13.8. The minimum absolute atomic E-state index is 0.242. The molecule has 1 aromatic heterocycles. The van der Waals surface area contributed by atoms with E-state index in [1.807, 2.05) is 24.3 Å². The van der Waals surface area contributed by atoms with Crippen molar-refractivity contribution in [2.45, 2.75) is 25.8 Å². The lowest BCUT2D eigenvalue weighted by Crippen LogP contribution is -2.28. The summed E-state index contributed by atoms with van der Waals surface area (Å²) in [6.45, 7) is 3.79. The molecule has 1 aliphatic heterocycles. The van der Waals surface area contributed by atoms with Crippen molar-refractivity contribution in [2.24, 2.45) is 10.7 Å². The van der Waals surface area contributed by atoms with Gasteiger partial charge in [-0.15, -0.1) is 0 Å². The highest BCUT2D eigenvalue weighted by Gasteiger charge is 2.29. The number of nitrogens with one attached hydrogen (secondary N) is 1. The summed E-state index contributed by atoms with van der Waals surface area (Å²) >= 11 is 1.57. The van der Waals surface area contributed by atoms with Gasteiger partial charge in [0.25, 0.3) is 5.91 Å². The smallest absolute Gasteiger partial charge is 0.260 e. The van der Waals surface area contributed by atoms with Crippen LogP contribution in [0.2, 0.25) is 0 Å². The maximum Gasteiger partial charge on any atom is 0.260 e. The van der Waals surface area contributed by atoms with Gasteiger partial charge in [0, 0.05) is 11.4 Å². The molecule has 2 aromatic rings. The number of anilines is 1. The molecule has 3 N–H and O–H groups in total. The maximum absolute atomic E-state index is 12.3. The molecule has 6 nitrogen and oxygen atoms in total. The molecule has 3 rings (SSSR count). The summed E-state index contributed by atoms with van der Waals surface area (Å²) in [5.74, 6) is 0.690. The van der Waals surface area contributed by atoms with Crippen molar-refractivity contribution in [1.82, 2.24) is 5.16 Å². The fourth-order valence-corrected chi connectivity index (χ4v) is 3.51. The van der Waals surface area contributed by atoms with Crippen LogP contribution in [0.5, 0.6) is 0 Å². The number of thioether (sulfide) groups is 1. The Morgan fingerprint density at radius 1 is 1.48 bits per heavy atom. The molecular weight excluding hydrogens is 312 g/mol. The van der Waals surface area contributed by atoms with Gasteiger partial charge in [0.1, 0.15) is 11.8 Å². The summed E-state index contributed by atoms with van der Waals surface area (Å²) in [5, 5.41) is 7.19. The minimum Gasteiger partial charge on any atom is -0.379 e. The van der Waals surface area contributed by atoms with E-state index in [4.69, 9.17) is 10.3 Å². The number of nitrogens with two attached hydrogens (primary N) is 1. The van der Waals surface area contributed by atoms with Crippen LogP contribution in [-0.4, -0.2) is 22.0 Å². The lowest BCUT2D eigenvalue weighted by molar-refractivity contribution is 0.102. The standard InChI is InChI=1S/C16H18N4O2S/c1-10-13(9-22-20-10)14(21)18-12-5-3-4-11(8-12)16(2)6-7-23-15(17)19-16/h3-5,8-9H,6-7H2,1-2H3,(H2,17,19)(H,18,21). The molecule has 2 heterocycles. The monoisotopic (exact) mass is 330 g/mol. The molecule has 1 atom stereocenters. The molecule has 0 saturated carbocycles. The average molecular weight is 330 g/mol. The van der Waals surface area contributed by atoms with E-state index in [1.54, 1.807) is 18.7 Å². The Balaban J connectivity index is 1.85. The van der Waals surface area contributed by atoms with Crippen molar-refractivity contribution >= 4 is 28.5 Å². The van der Waals surface area contributed by atoms with Crippen molar-refractivity contribution in [3.63, 3.8) is 0 Å². The molecule has 0 aliphatic carbocycles. The number of benzene rings is 1. The number of carbonyl (C=O) groups is 1. The predicted octanol–water partition coefficient (Wildman–Crippen LogP) is 2.90. The molecular formula is C16H18N4O2S. The lowest BCUT2D eigenvalue weighted by Gasteiger charge is -2.30. The van der Waals surface area contributed by atoms with Crippen LogP contribution in [0.3, 0.4) is 0 Å². The van der Waals surface area contributed by atoms with E-state index in [-0.39, 0.29) is 11.4 Å². The number of hydrogen-bond donors (Lipinski definition) is 2. The Morgan fingerprint density at radius 3 is 3.00 bits per heavy atom. The topological polar surface area (TPSA) is 93.5 Å². The van der Waals surface area contributed by atoms with Gasteiger partial charge in [-0.1, -0.05) is 29.1 Å². The first kappa shape index (κ1) is 15.6. The number of aryl methyl sites for hydroxylation is 1. The molecule has 1 aliphatic rings. The Hall–Kier alpha value is -2.28. The van der Waals surface area contributed by atoms with E-state index >= 15 is 0 Å². The largest absolute Gasteiger partial charge is 0.379 e. The van der Waals surface area contributed by atoms with Crippen LogP contribution in [0.1, 0.15) is 35.0 Å². The van der Waals surface area contributed by atoms with Crippen LogP contribution in [0.25, 0.3) is 0 Å². The van der Waals surface area contributed by atoms with E-state index < -0.39 is 0 Å². The second-order valence-electron chi connectivity index (χ2n) is 5.67. The summed E-state index contributed by atoms with van der Waals surface area (Å²) in [4.78, 5) is 16.8. The highest BCUT2D eigenvalue weighted by atomic mass is 32.2. The summed E-state index contributed by atoms with van der Waals surface area (Å²) in [5.41, 5.74) is 8.24. The molecule has 0 spiro atoms. The van der Waals surface area contributed by atoms with E-state index in [1.165, 1.54) is 6.26 Å². The van der Waals surface area contributed by atoms with Crippen LogP contribution in [0.4, 0.5) is 5.69 Å². The minimum atomic E-state index is -0.358. The Morgan fingerprint density at radius 2 is 2.30 bits per heavy atom. The fourth-order valence-electron chi connectivity index (χ4n) is 2.54. The van der Waals surface area contributed by atoms with Crippen LogP contribution in [-0.2, 0) is 5.54 Å². The van der Waals surface area contributed by atoms with Crippen LogP contribution < -0.4 is 11.1 Å².